The highest BCUT2D eigenvalue weighted by atomic mass is 16.3. The summed E-state index contributed by atoms with van der Waals surface area (Å²) in [7, 11) is 0. The van der Waals surface area contributed by atoms with E-state index in [2.05, 4.69) is 24.5 Å². The lowest BCUT2D eigenvalue weighted by Crippen LogP contribution is -2.50. The van der Waals surface area contributed by atoms with Gasteiger partial charge in [-0.2, -0.15) is 0 Å². The van der Waals surface area contributed by atoms with Crippen LogP contribution < -0.4 is 10.6 Å². The second-order valence-corrected chi connectivity index (χ2v) is 4.29. The maximum absolute atomic E-state index is 11.3. The predicted octanol–water partition coefficient (Wildman–Crippen LogP) is 0.152. The Hall–Kier alpha value is -0.810. The predicted molar refractivity (Wildman–Crippen MR) is 63.4 cm³/mol. The Balaban J connectivity index is 2.30. The Morgan fingerprint density at radius 1 is 1.50 bits per heavy atom. The van der Waals surface area contributed by atoms with Gasteiger partial charge in [0, 0.05) is 31.7 Å². The summed E-state index contributed by atoms with van der Waals surface area (Å²) in [6.07, 6.45) is 1.79. The standard InChI is InChI=1S/C11H23N3O2/c1-3-11(4-2,9-15)13-6-8-14-7-5-12-10(14)16/h13,15H,3-9H2,1-2H3,(H,12,16). The highest BCUT2D eigenvalue weighted by molar-refractivity contribution is 5.76. The molecule has 1 heterocycles. The first-order chi connectivity index (χ1) is 7.67. The topological polar surface area (TPSA) is 64.6 Å². The van der Waals surface area contributed by atoms with E-state index in [9.17, 15) is 9.90 Å². The van der Waals surface area contributed by atoms with Gasteiger partial charge in [-0.05, 0) is 12.8 Å². The first-order valence-electron chi connectivity index (χ1n) is 6.06. The Bertz CT molecular complexity index is 221. The van der Waals surface area contributed by atoms with Crippen molar-refractivity contribution in [3.05, 3.63) is 0 Å². The van der Waals surface area contributed by atoms with E-state index < -0.39 is 0 Å². The summed E-state index contributed by atoms with van der Waals surface area (Å²) in [5.74, 6) is 0. The van der Waals surface area contributed by atoms with Crippen LogP contribution in [0.5, 0.6) is 0 Å². The molecule has 5 heteroatoms. The SMILES string of the molecule is CCC(CC)(CO)NCCN1CCNC1=O. The van der Waals surface area contributed by atoms with Gasteiger partial charge in [0.1, 0.15) is 0 Å². The molecule has 0 atom stereocenters. The summed E-state index contributed by atoms with van der Waals surface area (Å²) in [5.41, 5.74) is -0.184. The minimum absolute atomic E-state index is 0.0180. The smallest absolute Gasteiger partial charge is 0.317 e. The Labute approximate surface area is 97.2 Å². The van der Waals surface area contributed by atoms with Crippen LogP contribution in [0.3, 0.4) is 0 Å². The average molecular weight is 229 g/mol. The summed E-state index contributed by atoms with van der Waals surface area (Å²) >= 11 is 0. The normalized spacial score (nSPS) is 16.7. The van der Waals surface area contributed by atoms with Crippen LogP contribution in [0.25, 0.3) is 0 Å². The van der Waals surface area contributed by atoms with Crippen molar-refractivity contribution in [2.75, 3.05) is 32.8 Å². The molecule has 0 radical (unpaired) electrons. The third-order valence-electron chi connectivity index (χ3n) is 3.48. The molecular formula is C11H23N3O2. The van der Waals surface area contributed by atoms with Crippen molar-refractivity contribution in [3.63, 3.8) is 0 Å². The summed E-state index contributed by atoms with van der Waals surface area (Å²) in [5, 5.41) is 15.5. The molecule has 2 amide bonds. The van der Waals surface area contributed by atoms with E-state index in [1.807, 2.05) is 0 Å². The molecule has 0 saturated carbocycles. The van der Waals surface area contributed by atoms with Crippen LogP contribution in [0.4, 0.5) is 4.79 Å². The van der Waals surface area contributed by atoms with E-state index in [1.54, 1.807) is 4.90 Å². The van der Waals surface area contributed by atoms with E-state index in [1.165, 1.54) is 0 Å². The molecule has 0 aromatic heterocycles. The van der Waals surface area contributed by atoms with Gasteiger partial charge in [0.05, 0.1) is 6.61 Å². The Morgan fingerprint density at radius 3 is 2.62 bits per heavy atom. The third-order valence-corrected chi connectivity index (χ3v) is 3.48. The third kappa shape index (κ3) is 3.09. The number of nitrogens with one attached hydrogen (secondary N) is 2. The maximum Gasteiger partial charge on any atom is 0.317 e. The minimum atomic E-state index is -0.184. The van der Waals surface area contributed by atoms with Crippen molar-refractivity contribution >= 4 is 6.03 Å². The van der Waals surface area contributed by atoms with Gasteiger partial charge in [-0.3, -0.25) is 0 Å². The Kier molecular flexibility index (Phi) is 5.02. The minimum Gasteiger partial charge on any atom is -0.394 e. The molecule has 3 N–H and O–H groups in total. The summed E-state index contributed by atoms with van der Waals surface area (Å²) in [6, 6.07) is 0.0180. The molecule has 94 valence electrons. The van der Waals surface area contributed by atoms with Gasteiger partial charge in [-0.1, -0.05) is 13.8 Å². The fourth-order valence-electron chi connectivity index (χ4n) is 1.96. The van der Waals surface area contributed by atoms with Crippen LogP contribution in [0.1, 0.15) is 26.7 Å². The first kappa shape index (κ1) is 13.3. The quantitative estimate of drug-likeness (QED) is 0.582. The molecule has 1 saturated heterocycles. The van der Waals surface area contributed by atoms with Crippen molar-refractivity contribution in [3.8, 4) is 0 Å². The number of nitrogens with zero attached hydrogens (tertiary/aromatic N) is 1. The van der Waals surface area contributed by atoms with Gasteiger partial charge >= 0.3 is 6.03 Å². The molecule has 1 fully saturated rings. The molecule has 5 nitrogen and oxygen atoms in total. The number of amides is 2. The second-order valence-electron chi connectivity index (χ2n) is 4.29. The number of aliphatic hydroxyl groups is 1. The number of hydrogen-bond acceptors (Lipinski definition) is 3. The molecule has 16 heavy (non-hydrogen) atoms. The molecule has 1 aliphatic heterocycles. The van der Waals surface area contributed by atoms with E-state index in [0.29, 0.717) is 6.54 Å². The second kappa shape index (κ2) is 6.06. The molecule has 0 aromatic rings. The van der Waals surface area contributed by atoms with Crippen molar-refractivity contribution in [1.82, 2.24) is 15.5 Å². The molecule has 0 aliphatic carbocycles. The van der Waals surface area contributed by atoms with E-state index in [4.69, 9.17) is 0 Å². The van der Waals surface area contributed by atoms with Crippen molar-refractivity contribution in [2.45, 2.75) is 32.2 Å². The largest absolute Gasteiger partial charge is 0.394 e. The van der Waals surface area contributed by atoms with Crippen molar-refractivity contribution in [1.29, 1.82) is 0 Å². The summed E-state index contributed by atoms with van der Waals surface area (Å²) in [4.78, 5) is 13.1. The zero-order chi connectivity index (χ0) is 12.0. The van der Waals surface area contributed by atoms with Crippen LogP contribution in [-0.4, -0.2) is 54.4 Å². The molecular weight excluding hydrogens is 206 g/mol. The van der Waals surface area contributed by atoms with Crippen LogP contribution in [0, 0.1) is 0 Å². The van der Waals surface area contributed by atoms with Gasteiger partial charge in [0.2, 0.25) is 0 Å². The number of carbonyl (C=O) groups is 1. The van der Waals surface area contributed by atoms with Gasteiger partial charge in [-0.15, -0.1) is 0 Å². The summed E-state index contributed by atoms with van der Waals surface area (Å²) in [6.45, 7) is 7.23. The molecule has 1 rings (SSSR count). The number of urea groups is 1. The number of rotatable bonds is 7. The highest BCUT2D eigenvalue weighted by Crippen LogP contribution is 2.13. The lowest BCUT2D eigenvalue weighted by atomic mass is 9.94. The number of hydrogen-bond donors (Lipinski definition) is 3. The van der Waals surface area contributed by atoms with Gasteiger partial charge in [-0.25, -0.2) is 4.79 Å². The van der Waals surface area contributed by atoms with Crippen molar-refractivity contribution in [2.24, 2.45) is 0 Å². The van der Waals surface area contributed by atoms with Crippen LogP contribution in [-0.2, 0) is 0 Å². The van der Waals surface area contributed by atoms with Crippen LogP contribution >= 0.6 is 0 Å². The van der Waals surface area contributed by atoms with Gasteiger partial charge in [0.25, 0.3) is 0 Å². The Morgan fingerprint density at radius 2 is 2.19 bits per heavy atom. The molecule has 0 unspecified atom stereocenters. The number of carbonyl (C=O) groups excluding carboxylic acids is 1. The molecule has 0 bridgehead atoms. The van der Waals surface area contributed by atoms with Crippen molar-refractivity contribution < 1.29 is 9.90 Å². The van der Waals surface area contributed by atoms with Crippen LogP contribution in [0.15, 0.2) is 0 Å². The lowest BCUT2D eigenvalue weighted by molar-refractivity contribution is 0.147. The zero-order valence-corrected chi connectivity index (χ0v) is 10.3. The van der Waals surface area contributed by atoms with Gasteiger partial charge in [0.15, 0.2) is 0 Å². The lowest BCUT2D eigenvalue weighted by Gasteiger charge is -2.31. The molecule has 0 aromatic carbocycles. The number of aliphatic hydroxyl groups excluding tert-OH is 1. The zero-order valence-electron chi connectivity index (χ0n) is 10.3. The average Bonchev–Trinajstić information content (AvgIpc) is 2.71. The molecule has 1 aliphatic rings. The fraction of sp³-hybridized carbons (Fsp3) is 0.909. The van der Waals surface area contributed by atoms with E-state index in [0.717, 1.165) is 32.5 Å². The van der Waals surface area contributed by atoms with Crippen LogP contribution in [0.2, 0.25) is 0 Å². The fourth-order valence-corrected chi connectivity index (χ4v) is 1.96. The van der Waals surface area contributed by atoms with Gasteiger partial charge < -0.3 is 20.6 Å². The summed E-state index contributed by atoms with van der Waals surface area (Å²) < 4.78 is 0. The van der Waals surface area contributed by atoms with E-state index >= 15 is 0 Å². The maximum atomic E-state index is 11.3. The highest BCUT2D eigenvalue weighted by Gasteiger charge is 2.25. The van der Waals surface area contributed by atoms with E-state index in [-0.39, 0.29) is 18.2 Å². The first-order valence-corrected chi connectivity index (χ1v) is 6.06. The molecule has 0 spiro atoms. The monoisotopic (exact) mass is 229 g/mol.